The second kappa shape index (κ2) is 4.69. The van der Waals surface area contributed by atoms with E-state index in [1.165, 1.54) is 6.42 Å². The van der Waals surface area contributed by atoms with Crippen molar-refractivity contribution in [1.29, 1.82) is 0 Å². The Balaban J connectivity index is 1.73. The van der Waals surface area contributed by atoms with Crippen LogP contribution in [0.3, 0.4) is 0 Å². The highest BCUT2D eigenvalue weighted by molar-refractivity contribution is 6.05. The lowest BCUT2D eigenvalue weighted by Crippen LogP contribution is -2.27. The number of pyridine rings is 1. The number of hydrogen-bond donors (Lipinski definition) is 2. The zero-order valence-electron chi connectivity index (χ0n) is 12.8. The second-order valence-corrected chi connectivity index (χ2v) is 6.75. The van der Waals surface area contributed by atoms with E-state index >= 15 is 0 Å². The Labute approximate surface area is 127 Å². The minimum absolute atomic E-state index is 0.162. The van der Waals surface area contributed by atoms with E-state index in [4.69, 9.17) is 0 Å². The minimum atomic E-state index is -0.253. The molecule has 22 heavy (non-hydrogen) atoms. The van der Waals surface area contributed by atoms with E-state index in [1.807, 2.05) is 0 Å². The number of fused-ring (bicyclic) bond motifs is 1. The van der Waals surface area contributed by atoms with Gasteiger partial charge in [0.15, 0.2) is 5.65 Å². The van der Waals surface area contributed by atoms with Crippen LogP contribution in [0.1, 0.15) is 48.2 Å². The molecule has 2 heterocycles. The van der Waals surface area contributed by atoms with Gasteiger partial charge in [0, 0.05) is 25.2 Å². The molecule has 6 heteroatoms. The van der Waals surface area contributed by atoms with Crippen LogP contribution >= 0.6 is 0 Å². The highest BCUT2D eigenvalue weighted by atomic mass is 16.2. The second-order valence-electron chi connectivity index (χ2n) is 6.75. The maximum Gasteiger partial charge on any atom is 0.274 e. The van der Waals surface area contributed by atoms with Crippen molar-refractivity contribution in [3.05, 3.63) is 27.7 Å². The van der Waals surface area contributed by atoms with Crippen molar-refractivity contribution in [1.82, 2.24) is 20.1 Å². The van der Waals surface area contributed by atoms with Crippen molar-refractivity contribution in [2.75, 3.05) is 6.54 Å². The molecule has 0 saturated heterocycles. The van der Waals surface area contributed by atoms with Gasteiger partial charge in [-0.1, -0.05) is 6.92 Å². The predicted octanol–water partition coefficient (Wildman–Crippen LogP) is 1.52. The molecule has 2 fully saturated rings. The fourth-order valence-corrected chi connectivity index (χ4v) is 3.05. The molecular weight excluding hydrogens is 280 g/mol. The summed E-state index contributed by atoms with van der Waals surface area (Å²) < 4.78 is 1.60. The highest BCUT2D eigenvalue weighted by Gasteiger charge is 2.33. The first-order chi connectivity index (χ1) is 10.5. The fraction of sp³-hybridized carbons (Fsp3) is 0.562. The molecule has 0 unspecified atom stereocenters. The number of aromatic amines is 1. The molecule has 2 aliphatic rings. The van der Waals surface area contributed by atoms with Crippen molar-refractivity contribution >= 4 is 16.9 Å². The number of carbonyl (C=O) groups excluding carboxylic acids is 1. The van der Waals surface area contributed by atoms with Crippen LogP contribution in [0.25, 0.3) is 11.0 Å². The number of nitrogens with zero attached hydrogens (tertiary/aromatic N) is 2. The molecule has 2 aliphatic carbocycles. The molecule has 2 atom stereocenters. The summed E-state index contributed by atoms with van der Waals surface area (Å²) in [6, 6.07) is 1.81. The van der Waals surface area contributed by atoms with Crippen molar-refractivity contribution in [3.8, 4) is 0 Å². The van der Waals surface area contributed by atoms with Gasteiger partial charge in [-0.3, -0.25) is 19.4 Å². The van der Waals surface area contributed by atoms with E-state index in [0.717, 1.165) is 18.5 Å². The van der Waals surface area contributed by atoms with E-state index in [2.05, 4.69) is 22.3 Å². The first-order valence-corrected chi connectivity index (χ1v) is 7.92. The average Bonchev–Trinajstić information content (AvgIpc) is 3.39. The van der Waals surface area contributed by atoms with Gasteiger partial charge < -0.3 is 5.32 Å². The van der Waals surface area contributed by atoms with E-state index in [0.29, 0.717) is 40.9 Å². The van der Waals surface area contributed by atoms with Crippen LogP contribution in [-0.2, 0) is 7.05 Å². The Morgan fingerprint density at radius 1 is 1.50 bits per heavy atom. The Kier molecular flexibility index (Phi) is 2.89. The molecular formula is C16H20N4O2. The Morgan fingerprint density at radius 3 is 2.86 bits per heavy atom. The summed E-state index contributed by atoms with van der Waals surface area (Å²) in [7, 11) is 1.75. The minimum Gasteiger partial charge on any atom is -0.352 e. The number of hydrogen-bond acceptors (Lipinski definition) is 3. The number of H-pyrrole nitrogens is 1. The van der Waals surface area contributed by atoms with Gasteiger partial charge in [-0.2, -0.15) is 0 Å². The summed E-state index contributed by atoms with van der Waals surface area (Å²) in [6.45, 7) is 2.88. The van der Waals surface area contributed by atoms with Crippen molar-refractivity contribution in [3.63, 3.8) is 0 Å². The lowest BCUT2D eigenvalue weighted by atomic mass is 10.1. The third-order valence-corrected chi connectivity index (χ3v) is 4.88. The van der Waals surface area contributed by atoms with E-state index in [1.54, 1.807) is 17.8 Å². The van der Waals surface area contributed by atoms with Crippen LogP contribution < -0.4 is 10.9 Å². The van der Waals surface area contributed by atoms with Gasteiger partial charge in [-0.05, 0) is 37.2 Å². The molecule has 0 aromatic carbocycles. The molecule has 6 nitrogen and oxygen atoms in total. The number of aromatic nitrogens is 3. The lowest BCUT2D eigenvalue weighted by Gasteiger charge is -2.08. The number of aryl methyl sites for hydroxylation is 1. The first-order valence-electron chi connectivity index (χ1n) is 7.92. The van der Waals surface area contributed by atoms with Gasteiger partial charge in [0.05, 0.1) is 10.9 Å². The maximum atomic E-state index is 12.6. The standard InChI is InChI=1S/C16H20N4O2/c1-8-5-10(8)7-17-15(21)11-6-12(9-3-4-9)18-14-13(11)16(22)19-20(14)2/h6,8-10H,3-5,7H2,1-2H3,(H,17,21)(H,19,22)/t8-,10-/m1/s1. The molecule has 1 amide bonds. The SMILES string of the molecule is C[C@@H]1C[C@@H]1CNC(=O)c1cc(C2CC2)nc2c1c(=O)[nH]n2C. The first kappa shape index (κ1) is 13.5. The smallest absolute Gasteiger partial charge is 0.274 e. The van der Waals surface area contributed by atoms with Crippen LogP contribution in [0.2, 0.25) is 0 Å². The summed E-state index contributed by atoms with van der Waals surface area (Å²) in [5, 5.41) is 6.07. The zero-order valence-corrected chi connectivity index (χ0v) is 12.8. The molecule has 0 aliphatic heterocycles. The van der Waals surface area contributed by atoms with Crippen LogP contribution in [-0.4, -0.2) is 27.2 Å². The van der Waals surface area contributed by atoms with Gasteiger partial charge in [0.2, 0.25) is 0 Å². The quantitative estimate of drug-likeness (QED) is 0.898. The Bertz CT molecular complexity index is 815. The van der Waals surface area contributed by atoms with Gasteiger partial charge >= 0.3 is 0 Å². The molecule has 0 spiro atoms. The summed E-state index contributed by atoms with van der Waals surface area (Å²) in [4.78, 5) is 29.3. The predicted molar refractivity (Wildman–Crippen MR) is 82.9 cm³/mol. The molecule has 116 valence electrons. The Hall–Kier alpha value is -2.11. The highest BCUT2D eigenvalue weighted by Crippen LogP contribution is 2.40. The van der Waals surface area contributed by atoms with Crippen molar-refractivity contribution in [2.24, 2.45) is 18.9 Å². The van der Waals surface area contributed by atoms with Gasteiger partial charge in [0.25, 0.3) is 11.5 Å². The lowest BCUT2D eigenvalue weighted by molar-refractivity contribution is 0.0953. The normalized spacial score (nSPS) is 23.7. The number of amides is 1. The van der Waals surface area contributed by atoms with Crippen LogP contribution in [0, 0.1) is 11.8 Å². The maximum absolute atomic E-state index is 12.6. The van der Waals surface area contributed by atoms with Crippen LogP contribution in [0.5, 0.6) is 0 Å². The summed E-state index contributed by atoms with van der Waals surface area (Å²) in [6.07, 6.45) is 3.39. The number of rotatable bonds is 4. The zero-order chi connectivity index (χ0) is 15.4. The third-order valence-electron chi connectivity index (χ3n) is 4.88. The van der Waals surface area contributed by atoms with E-state index < -0.39 is 0 Å². The van der Waals surface area contributed by atoms with Gasteiger partial charge in [0.1, 0.15) is 0 Å². The third kappa shape index (κ3) is 2.23. The molecule has 0 radical (unpaired) electrons. The van der Waals surface area contributed by atoms with E-state index in [9.17, 15) is 9.59 Å². The number of carbonyl (C=O) groups is 1. The number of nitrogens with one attached hydrogen (secondary N) is 2. The van der Waals surface area contributed by atoms with Crippen LogP contribution in [0.4, 0.5) is 0 Å². The molecule has 2 aromatic rings. The monoisotopic (exact) mass is 300 g/mol. The Morgan fingerprint density at radius 2 is 2.23 bits per heavy atom. The summed E-state index contributed by atoms with van der Waals surface area (Å²) >= 11 is 0. The largest absolute Gasteiger partial charge is 0.352 e. The fourth-order valence-electron chi connectivity index (χ4n) is 3.05. The van der Waals surface area contributed by atoms with Crippen molar-refractivity contribution < 1.29 is 4.79 Å². The topological polar surface area (TPSA) is 79.8 Å². The van der Waals surface area contributed by atoms with Gasteiger partial charge in [-0.15, -0.1) is 0 Å². The van der Waals surface area contributed by atoms with E-state index in [-0.39, 0.29) is 11.5 Å². The molecule has 2 aromatic heterocycles. The molecule has 0 bridgehead atoms. The molecule has 2 saturated carbocycles. The summed E-state index contributed by atoms with van der Waals surface area (Å²) in [5.74, 6) is 1.55. The van der Waals surface area contributed by atoms with Gasteiger partial charge in [-0.25, -0.2) is 4.98 Å². The van der Waals surface area contributed by atoms with Crippen molar-refractivity contribution in [2.45, 2.75) is 32.1 Å². The van der Waals surface area contributed by atoms with Crippen LogP contribution in [0.15, 0.2) is 10.9 Å². The average molecular weight is 300 g/mol. The molecule has 2 N–H and O–H groups in total. The molecule has 4 rings (SSSR count). The summed E-state index contributed by atoms with van der Waals surface area (Å²) in [5.41, 5.74) is 1.70.